The third kappa shape index (κ3) is 2.31. The van der Waals surface area contributed by atoms with Crippen molar-refractivity contribution in [3.63, 3.8) is 0 Å². The van der Waals surface area contributed by atoms with Gasteiger partial charge in [0.15, 0.2) is 0 Å². The van der Waals surface area contributed by atoms with E-state index in [-0.39, 0.29) is 0 Å². The van der Waals surface area contributed by atoms with Crippen LogP contribution < -0.4 is 0 Å². The van der Waals surface area contributed by atoms with E-state index in [1.165, 1.54) is 12.0 Å². The number of nitriles is 1. The number of rotatable bonds is 2. The lowest BCUT2D eigenvalue weighted by molar-refractivity contribution is 0.289. The van der Waals surface area contributed by atoms with Gasteiger partial charge in [-0.25, -0.2) is 0 Å². The third-order valence-corrected chi connectivity index (χ3v) is 3.11. The molecule has 1 aliphatic rings. The molecule has 0 spiro atoms. The molecule has 0 aliphatic carbocycles. The monoisotopic (exact) mass is 220 g/mol. The Labute approximate surface area is 95.1 Å². The summed E-state index contributed by atoms with van der Waals surface area (Å²) < 4.78 is 0. The second kappa shape index (κ2) is 4.65. The van der Waals surface area contributed by atoms with E-state index in [1.807, 2.05) is 18.2 Å². The normalized spacial score (nSPS) is 21.5. The first-order valence-electron chi connectivity index (χ1n) is 5.18. The van der Waals surface area contributed by atoms with Gasteiger partial charge in [0, 0.05) is 11.1 Å². The Hall–Kier alpha value is -1.04. The molecule has 1 atom stereocenters. The van der Waals surface area contributed by atoms with Crippen LogP contribution in [0.1, 0.15) is 24.4 Å². The summed E-state index contributed by atoms with van der Waals surface area (Å²) in [6.45, 7) is 1.53. The zero-order chi connectivity index (χ0) is 10.7. The maximum absolute atomic E-state index is 8.73. The van der Waals surface area contributed by atoms with Crippen LogP contribution in [-0.2, 0) is 0 Å². The minimum atomic E-state index is 0.378. The van der Waals surface area contributed by atoms with Crippen molar-refractivity contribution in [2.45, 2.75) is 18.9 Å². The van der Waals surface area contributed by atoms with Crippen molar-refractivity contribution in [2.24, 2.45) is 0 Å². The van der Waals surface area contributed by atoms with Crippen LogP contribution in [0.2, 0.25) is 5.02 Å². The number of likely N-dealkylation sites (tertiary alicyclic amines) is 1. The van der Waals surface area contributed by atoms with Crippen molar-refractivity contribution >= 4 is 11.6 Å². The van der Waals surface area contributed by atoms with Crippen molar-refractivity contribution in [3.8, 4) is 6.07 Å². The lowest BCUT2D eigenvalue weighted by atomic mass is 10.0. The van der Waals surface area contributed by atoms with Gasteiger partial charge < -0.3 is 0 Å². The van der Waals surface area contributed by atoms with Gasteiger partial charge in [-0.1, -0.05) is 23.7 Å². The molecule has 0 saturated carbocycles. The first-order valence-corrected chi connectivity index (χ1v) is 5.55. The zero-order valence-corrected chi connectivity index (χ0v) is 9.24. The Balaban J connectivity index is 2.19. The average Bonchev–Trinajstić information content (AvgIpc) is 2.66. The maximum Gasteiger partial charge on any atom is 0.0871 e. The predicted molar refractivity (Wildman–Crippen MR) is 60.6 cm³/mol. The Morgan fingerprint density at radius 1 is 1.53 bits per heavy atom. The molecule has 1 unspecified atom stereocenters. The number of halogens is 1. The van der Waals surface area contributed by atoms with Gasteiger partial charge in [0.25, 0.3) is 0 Å². The van der Waals surface area contributed by atoms with E-state index in [1.54, 1.807) is 0 Å². The van der Waals surface area contributed by atoms with Gasteiger partial charge >= 0.3 is 0 Å². The van der Waals surface area contributed by atoms with E-state index >= 15 is 0 Å². The summed E-state index contributed by atoms with van der Waals surface area (Å²) in [5.74, 6) is 0. The predicted octanol–water partition coefficient (Wildman–Crippen LogP) is 3.00. The largest absolute Gasteiger partial charge is 0.283 e. The molecule has 2 rings (SSSR count). The van der Waals surface area contributed by atoms with Crippen LogP contribution in [-0.4, -0.2) is 18.0 Å². The lowest BCUT2D eigenvalue weighted by Crippen LogP contribution is -2.23. The summed E-state index contributed by atoms with van der Waals surface area (Å²) in [4.78, 5) is 2.21. The van der Waals surface area contributed by atoms with E-state index in [9.17, 15) is 0 Å². The fourth-order valence-electron chi connectivity index (χ4n) is 2.20. The molecule has 0 N–H and O–H groups in total. The molecule has 1 aliphatic heterocycles. The lowest BCUT2D eigenvalue weighted by Gasteiger charge is -2.21. The fourth-order valence-corrected chi connectivity index (χ4v) is 2.40. The highest BCUT2D eigenvalue weighted by atomic mass is 35.5. The van der Waals surface area contributed by atoms with Crippen molar-refractivity contribution < 1.29 is 0 Å². The Morgan fingerprint density at radius 3 is 3.13 bits per heavy atom. The molecule has 0 radical (unpaired) electrons. The molecule has 78 valence electrons. The van der Waals surface area contributed by atoms with Crippen LogP contribution in [0.3, 0.4) is 0 Å². The number of nitrogens with zero attached hydrogens (tertiary/aromatic N) is 2. The quantitative estimate of drug-likeness (QED) is 0.717. The fraction of sp³-hybridized carbons (Fsp3) is 0.417. The van der Waals surface area contributed by atoms with E-state index in [0.29, 0.717) is 12.6 Å². The van der Waals surface area contributed by atoms with Gasteiger partial charge in [0.05, 0.1) is 12.6 Å². The molecule has 1 aromatic carbocycles. The second-order valence-corrected chi connectivity index (χ2v) is 4.28. The van der Waals surface area contributed by atoms with Crippen molar-refractivity contribution in [3.05, 3.63) is 34.9 Å². The van der Waals surface area contributed by atoms with E-state index in [2.05, 4.69) is 17.0 Å². The minimum absolute atomic E-state index is 0.378. The molecular formula is C12H13ClN2. The van der Waals surface area contributed by atoms with Crippen LogP contribution in [0, 0.1) is 11.3 Å². The molecule has 2 nitrogen and oxygen atoms in total. The third-order valence-electron chi connectivity index (χ3n) is 2.87. The van der Waals surface area contributed by atoms with Crippen molar-refractivity contribution in [1.29, 1.82) is 5.26 Å². The summed E-state index contributed by atoms with van der Waals surface area (Å²) in [7, 11) is 0. The Bertz CT molecular complexity index is 383. The van der Waals surface area contributed by atoms with Gasteiger partial charge in [0.2, 0.25) is 0 Å². The summed E-state index contributed by atoms with van der Waals surface area (Å²) in [6.07, 6.45) is 2.29. The van der Waals surface area contributed by atoms with Gasteiger partial charge in [-0.2, -0.15) is 5.26 Å². The maximum atomic E-state index is 8.73. The first-order chi connectivity index (χ1) is 7.31. The Kier molecular flexibility index (Phi) is 3.25. The van der Waals surface area contributed by atoms with Crippen LogP contribution in [0.25, 0.3) is 0 Å². The molecule has 0 bridgehead atoms. The first kappa shape index (κ1) is 10.5. The number of benzene rings is 1. The highest BCUT2D eigenvalue weighted by molar-refractivity contribution is 6.30. The molecule has 0 aromatic heterocycles. The molecular weight excluding hydrogens is 208 g/mol. The van der Waals surface area contributed by atoms with Gasteiger partial charge in [-0.05, 0) is 37.1 Å². The molecule has 1 saturated heterocycles. The highest BCUT2D eigenvalue weighted by Gasteiger charge is 2.25. The summed E-state index contributed by atoms with van der Waals surface area (Å²) in [5.41, 5.74) is 1.23. The van der Waals surface area contributed by atoms with E-state index in [0.717, 1.165) is 18.0 Å². The van der Waals surface area contributed by atoms with Crippen LogP contribution in [0.4, 0.5) is 0 Å². The van der Waals surface area contributed by atoms with Crippen molar-refractivity contribution in [1.82, 2.24) is 4.90 Å². The van der Waals surface area contributed by atoms with Crippen molar-refractivity contribution in [2.75, 3.05) is 13.1 Å². The summed E-state index contributed by atoms with van der Waals surface area (Å²) in [5, 5.41) is 9.50. The van der Waals surface area contributed by atoms with Gasteiger partial charge in [-0.15, -0.1) is 0 Å². The highest BCUT2D eigenvalue weighted by Crippen LogP contribution is 2.32. The van der Waals surface area contributed by atoms with Crippen LogP contribution in [0.5, 0.6) is 0 Å². The summed E-state index contributed by atoms with van der Waals surface area (Å²) >= 11 is 5.96. The van der Waals surface area contributed by atoms with Crippen LogP contribution >= 0.6 is 11.6 Å². The number of hydrogen-bond acceptors (Lipinski definition) is 2. The van der Waals surface area contributed by atoms with Crippen LogP contribution in [0.15, 0.2) is 24.3 Å². The van der Waals surface area contributed by atoms with Gasteiger partial charge in [0.1, 0.15) is 0 Å². The molecule has 1 aromatic rings. The molecule has 3 heteroatoms. The minimum Gasteiger partial charge on any atom is -0.283 e. The van der Waals surface area contributed by atoms with E-state index in [4.69, 9.17) is 16.9 Å². The average molecular weight is 221 g/mol. The smallest absolute Gasteiger partial charge is 0.0871 e. The molecule has 1 fully saturated rings. The molecule has 15 heavy (non-hydrogen) atoms. The standard InChI is InChI=1S/C12H13ClN2/c13-11-4-1-3-10(9-11)12-5-2-7-15(12)8-6-14/h1,3-4,9,12H,2,5,7-8H2. The molecule has 0 amide bonds. The SMILES string of the molecule is N#CCN1CCCC1c1cccc(Cl)c1. The zero-order valence-electron chi connectivity index (χ0n) is 8.49. The second-order valence-electron chi connectivity index (χ2n) is 3.84. The molecule has 1 heterocycles. The van der Waals surface area contributed by atoms with E-state index < -0.39 is 0 Å². The Morgan fingerprint density at radius 2 is 2.40 bits per heavy atom. The summed E-state index contributed by atoms with van der Waals surface area (Å²) in [6, 6.07) is 10.5. The van der Waals surface area contributed by atoms with Gasteiger partial charge in [-0.3, -0.25) is 4.90 Å². The topological polar surface area (TPSA) is 27.0 Å². The number of hydrogen-bond donors (Lipinski definition) is 0.